The minimum atomic E-state index is -4.65. The molecule has 29 heavy (non-hydrogen) atoms. The van der Waals surface area contributed by atoms with Gasteiger partial charge in [-0.1, -0.05) is 41.9 Å². The Morgan fingerprint density at radius 2 is 1.83 bits per heavy atom. The van der Waals surface area contributed by atoms with Crippen LogP contribution < -0.4 is 10.9 Å². The minimum absolute atomic E-state index is 0.0773. The molecule has 0 unspecified atom stereocenters. The number of likely N-dealkylation sites (tertiary alicyclic amines) is 1. The first kappa shape index (κ1) is 21.4. The second kappa shape index (κ2) is 9.00. The molecule has 1 aromatic heterocycles. The number of carbonyl (C=O) groups is 1. The molecule has 1 aliphatic rings. The predicted molar refractivity (Wildman–Crippen MR) is 104 cm³/mol. The van der Waals surface area contributed by atoms with Crippen molar-refractivity contribution in [3.05, 3.63) is 69.1 Å². The van der Waals surface area contributed by atoms with Gasteiger partial charge in [-0.05, 0) is 24.5 Å². The third kappa shape index (κ3) is 5.83. The van der Waals surface area contributed by atoms with Crippen LogP contribution in [-0.4, -0.2) is 34.5 Å². The van der Waals surface area contributed by atoms with Crippen molar-refractivity contribution in [2.45, 2.75) is 38.1 Å². The van der Waals surface area contributed by atoms with Gasteiger partial charge in [0.05, 0.1) is 5.56 Å². The van der Waals surface area contributed by atoms with E-state index in [4.69, 9.17) is 11.6 Å². The van der Waals surface area contributed by atoms with E-state index < -0.39 is 34.8 Å². The number of nitrogens with zero attached hydrogens (tertiary/aromatic N) is 2. The number of amides is 1. The molecule has 1 N–H and O–H groups in total. The van der Waals surface area contributed by atoms with Gasteiger partial charge in [-0.15, -0.1) is 0 Å². The van der Waals surface area contributed by atoms with E-state index in [9.17, 15) is 22.8 Å². The molecule has 0 spiro atoms. The predicted octanol–water partition coefficient (Wildman–Crippen LogP) is 3.30. The first-order valence-corrected chi connectivity index (χ1v) is 9.63. The van der Waals surface area contributed by atoms with Crippen LogP contribution in [0.1, 0.15) is 24.0 Å². The molecule has 1 aliphatic heterocycles. The summed E-state index contributed by atoms with van der Waals surface area (Å²) in [6, 6.07) is 10.6. The molecule has 156 valence electrons. The summed E-state index contributed by atoms with van der Waals surface area (Å²) in [5.74, 6) is -0.510. The number of hydrogen-bond acceptors (Lipinski definition) is 3. The number of carbonyl (C=O) groups excluding carboxylic acids is 1. The zero-order valence-electron chi connectivity index (χ0n) is 15.6. The van der Waals surface area contributed by atoms with E-state index in [-0.39, 0.29) is 6.04 Å². The third-order valence-electron chi connectivity index (χ3n) is 4.89. The summed E-state index contributed by atoms with van der Waals surface area (Å²) in [6.07, 6.45) is -2.56. The normalized spacial score (nSPS) is 16.0. The van der Waals surface area contributed by atoms with Crippen molar-refractivity contribution >= 4 is 17.5 Å². The summed E-state index contributed by atoms with van der Waals surface area (Å²) in [5.41, 5.74) is -0.674. The molecule has 2 aromatic rings. The molecular formula is C20H21ClF3N3O2. The molecule has 1 saturated heterocycles. The first-order valence-electron chi connectivity index (χ1n) is 9.25. The van der Waals surface area contributed by atoms with Crippen molar-refractivity contribution in [3.8, 4) is 0 Å². The zero-order chi connectivity index (χ0) is 21.0. The largest absolute Gasteiger partial charge is 0.417 e. The average molecular weight is 428 g/mol. The average Bonchev–Trinajstić information content (AvgIpc) is 2.67. The molecule has 0 aliphatic carbocycles. The number of halogens is 4. The lowest BCUT2D eigenvalue weighted by Gasteiger charge is -2.32. The van der Waals surface area contributed by atoms with Crippen LogP contribution in [0.4, 0.5) is 13.2 Å². The monoisotopic (exact) mass is 427 g/mol. The highest BCUT2D eigenvalue weighted by Gasteiger charge is 2.32. The van der Waals surface area contributed by atoms with E-state index in [1.807, 2.05) is 18.2 Å². The smallest absolute Gasteiger partial charge is 0.352 e. The van der Waals surface area contributed by atoms with Crippen LogP contribution in [0.25, 0.3) is 0 Å². The van der Waals surface area contributed by atoms with Crippen LogP contribution in [0.15, 0.2) is 47.4 Å². The van der Waals surface area contributed by atoms with Crippen LogP contribution in [-0.2, 0) is 24.1 Å². The maximum absolute atomic E-state index is 12.9. The van der Waals surface area contributed by atoms with Crippen molar-refractivity contribution < 1.29 is 18.0 Å². The molecule has 1 aromatic carbocycles. The maximum atomic E-state index is 12.9. The molecule has 1 amide bonds. The van der Waals surface area contributed by atoms with Crippen LogP contribution in [0.3, 0.4) is 0 Å². The van der Waals surface area contributed by atoms with E-state index in [0.29, 0.717) is 16.8 Å². The molecule has 9 heteroatoms. The van der Waals surface area contributed by atoms with Crippen LogP contribution in [0, 0.1) is 0 Å². The third-order valence-corrected chi connectivity index (χ3v) is 5.16. The number of hydrogen-bond donors (Lipinski definition) is 1. The van der Waals surface area contributed by atoms with Gasteiger partial charge in [-0.3, -0.25) is 14.5 Å². The second-order valence-corrected chi connectivity index (χ2v) is 7.52. The second-order valence-electron chi connectivity index (χ2n) is 7.11. The Hall–Kier alpha value is -2.32. The molecule has 3 rings (SSSR count). The lowest BCUT2D eigenvalue weighted by molar-refractivity contribution is -0.138. The quantitative estimate of drug-likeness (QED) is 0.796. The van der Waals surface area contributed by atoms with Gasteiger partial charge >= 0.3 is 6.18 Å². The fourth-order valence-electron chi connectivity index (χ4n) is 3.38. The number of alkyl halides is 3. The summed E-state index contributed by atoms with van der Waals surface area (Å²) in [4.78, 5) is 26.5. The van der Waals surface area contributed by atoms with Gasteiger partial charge in [0.1, 0.15) is 11.6 Å². The standard InChI is InChI=1S/C20H21ClF3N3O2/c21-17-10-15(20(22,23)24)12-27(19(17)29)13-18(28)25-16-6-8-26(9-7-16)11-14-4-2-1-3-5-14/h1-5,10,12,16H,6-9,11,13H2,(H,25,28). The highest BCUT2D eigenvalue weighted by molar-refractivity contribution is 6.30. The zero-order valence-corrected chi connectivity index (χ0v) is 16.3. The summed E-state index contributed by atoms with van der Waals surface area (Å²) in [6.45, 7) is 1.93. The molecular weight excluding hydrogens is 407 g/mol. The van der Waals surface area contributed by atoms with Crippen molar-refractivity contribution in [1.82, 2.24) is 14.8 Å². The molecule has 0 bridgehead atoms. The van der Waals surface area contributed by atoms with Gasteiger partial charge in [-0.2, -0.15) is 13.2 Å². The summed E-state index contributed by atoms with van der Waals surface area (Å²) in [5, 5.41) is 2.24. The van der Waals surface area contributed by atoms with Gasteiger partial charge in [0.2, 0.25) is 5.91 Å². The van der Waals surface area contributed by atoms with Gasteiger partial charge in [0.25, 0.3) is 5.56 Å². The van der Waals surface area contributed by atoms with E-state index in [1.165, 1.54) is 5.56 Å². The van der Waals surface area contributed by atoms with Gasteiger partial charge in [-0.25, -0.2) is 0 Å². The van der Waals surface area contributed by atoms with Crippen molar-refractivity contribution in [3.63, 3.8) is 0 Å². The van der Waals surface area contributed by atoms with Crippen molar-refractivity contribution in [2.75, 3.05) is 13.1 Å². The lowest BCUT2D eigenvalue weighted by Crippen LogP contribution is -2.45. The van der Waals surface area contributed by atoms with E-state index in [1.54, 1.807) is 0 Å². The fraction of sp³-hybridized carbons (Fsp3) is 0.400. The molecule has 0 radical (unpaired) electrons. The van der Waals surface area contributed by atoms with Crippen LogP contribution in [0.2, 0.25) is 5.02 Å². The number of pyridine rings is 1. The summed E-state index contributed by atoms with van der Waals surface area (Å²) >= 11 is 5.61. The van der Waals surface area contributed by atoms with E-state index in [2.05, 4.69) is 22.3 Å². The Bertz CT molecular complexity index is 907. The number of rotatable bonds is 5. The Morgan fingerprint density at radius 3 is 2.45 bits per heavy atom. The van der Waals surface area contributed by atoms with Crippen molar-refractivity contribution in [2.24, 2.45) is 0 Å². The van der Waals surface area contributed by atoms with E-state index >= 15 is 0 Å². The van der Waals surface area contributed by atoms with E-state index in [0.717, 1.165) is 32.5 Å². The number of benzene rings is 1. The van der Waals surface area contributed by atoms with Gasteiger partial charge < -0.3 is 9.88 Å². The SMILES string of the molecule is O=C(Cn1cc(C(F)(F)F)cc(Cl)c1=O)NC1CCN(Cc2ccccc2)CC1. The molecule has 0 saturated carbocycles. The Kier molecular flexibility index (Phi) is 6.64. The summed E-state index contributed by atoms with van der Waals surface area (Å²) in [7, 11) is 0. The number of piperidine rings is 1. The molecule has 1 fully saturated rings. The van der Waals surface area contributed by atoms with Crippen LogP contribution in [0.5, 0.6) is 0 Å². The highest BCUT2D eigenvalue weighted by Crippen LogP contribution is 2.29. The Labute approximate surface area is 171 Å². The van der Waals surface area contributed by atoms with Gasteiger partial charge in [0, 0.05) is 31.9 Å². The Morgan fingerprint density at radius 1 is 1.17 bits per heavy atom. The highest BCUT2D eigenvalue weighted by atomic mass is 35.5. The summed E-state index contributed by atoms with van der Waals surface area (Å²) < 4.78 is 39.4. The molecule has 0 atom stereocenters. The fourth-order valence-corrected chi connectivity index (χ4v) is 3.60. The minimum Gasteiger partial charge on any atom is -0.352 e. The molecule has 5 nitrogen and oxygen atoms in total. The number of aromatic nitrogens is 1. The first-order chi connectivity index (χ1) is 13.7. The van der Waals surface area contributed by atoms with Crippen molar-refractivity contribution in [1.29, 1.82) is 0 Å². The van der Waals surface area contributed by atoms with Gasteiger partial charge in [0.15, 0.2) is 0 Å². The van der Waals surface area contributed by atoms with Crippen LogP contribution >= 0.6 is 11.6 Å². The molecule has 2 heterocycles. The number of nitrogens with one attached hydrogen (secondary N) is 1. The topological polar surface area (TPSA) is 54.3 Å². The maximum Gasteiger partial charge on any atom is 0.417 e. The lowest BCUT2D eigenvalue weighted by atomic mass is 10.0. The Balaban J connectivity index is 1.54.